The molecule has 0 spiro atoms. The number of benzene rings is 1. The molecule has 1 aliphatic rings. The molecule has 0 amide bonds. The molecule has 6 nitrogen and oxygen atoms in total. The Hall–Kier alpha value is -2.44. The molecule has 2 N–H and O–H groups in total. The molecular formula is C20H29FN6. The molecule has 2 aromatic rings. The van der Waals surface area contributed by atoms with Crippen LogP contribution in [0.2, 0.25) is 0 Å². The largest absolute Gasteiger partial charge is 0.357 e. The van der Waals surface area contributed by atoms with Crippen molar-refractivity contribution in [1.82, 2.24) is 25.4 Å². The van der Waals surface area contributed by atoms with Crippen molar-refractivity contribution in [2.24, 2.45) is 4.99 Å². The molecule has 0 aliphatic heterocycles. The zero-order valence-corrected chi connectivity index (χ0v) is 16.2. The number of hydrogen-bond donors (Lipinski definition) is 2. The van der Waals surface area contributed by atoms with Gasteiger partial charge >= 0.3 is 0 Å². The number of nitrogens with zero attached hydrogens (tertiary/aromatic N) is 4. The van der Waals surface area contributed by atoms with Gasteiger partial charge in [-0.15, -0.1) is 10.2 Å². The molecule has 1 aromatic carbocycles. The highest BCUT2D eigenvalue weighted by atomic mass is 19.1. The first-order chi connectivity index (χ1) is 13.2. The van der Waals surface area contributed by atoms with E-state index in [2.05, 4.69) is 39.2 Å². The fraction of sp³-hybridized carbons (Fsp3) is 0.550. The number of guanidine groups is 1. The summed E-state index contributed by atoms with van der Waals surface area (Å²) in [7, 11) is 0. The first kappa shape index (κ1) is 19.3. The summed E-state index contributed by atoms with van der Waals surface area (Å²) in [5, 5.41) is 14.8. The summed E-state index contributed by atoms with van der Waals surface area (Å²) in [5.41, 5.74) is 1.23. The lowest BCUT2D eigenvalue weighted by Gasteiger charge is -2.41. The van der Waals surface area contributed by atoms with E-state index < -0.39 is 0 Å². The summed E-state index contributed by atoms with van der Waals surface area (Å²) in [6.07, 6.45) is 6.03. The molecule has 0 radical (unpaired) electrons. The van der Waals surface area contributed by atoms with Crippen LogP contribution in [0, 0.1) is 5.82 Å². The van der Waals surface area contributed by atoms with E-state index in [0.29, 0.717) is 6.54 Å². The number of rotatable bonds is 8. The minimum Gasteiger partial charge on any atom is -0.357 e. The lowest BCUT2D eigenvalue weighted by molar-refractivity contribution is 0.253. The predicted octanol–water partition coefficient (Wildman–Crippen LogP) is 2.66. The number of aryl methyl sites for hydroxylation is 1. The molecule has 3 rings (SSSR count). The minimum atomic E-state index is -0.188. The summed E-state index contributed by atoms with van der Waals surface area (Å²) in [6, 6.07) is 6.91. The number of halogens is 1. The molecule has 146 valence electrons. The number of aromatic nitrogens is 3. The summed E-state index contributed by atoms with van der Waals surface area (Å²) in [5.74, 6) is 1.62. The maximum Gasteiger partial charge on any atom is 0.191 e. The SMILES string of the molecule is CCNC(=NCC1(c2ccc(F)cc2)CCC1)NCCn1cnnc1CC. The topological polar surface area (TPSA) is 67.1 Å². The zero-order chi connectivity index (χ0) is 19.1. The zero-order valence-electron chi connectivity index (χ0n) is 16.2. The van der Waals surface area contributed by atoms with Crippen molar-refractivity contribution in [3.05, 3.63) is 47.8 Å². The van der Waals surface area contributed by atoms with Crippen LogP contribution in [0.3, 0.4) is 0 Å². The van der Waals surface area contributed by atoms with E-state index in [1.54, 1.807) is 18.5 Å². The Morgan fingerprint density at radius 1 is 1.22 bits per heavy atom. The molecular weight excluding hydrogens is 343 g/mol. The molecule has 0 saturated heterocycles. The van der Waals surface area contributed by atoms with E-state index in [0.717, 1.165) is 50.7 Å². The number of aliphatic imine (C=N–C) groups is 1. The van der Waals surface area contributed by atoms with Gasteiger partial charge in [0.1, 0.15) is 18.0 Å². The van der Waals surface area contributed by atoms with E-state index in [4.69, 9.17) is 4.99 Å². The average molecular weight is 372 g/mol. The normalized spacial score (nSPS) is 16.0. The Morgan fingerprint density at radius 3 is 2.63 bits per heavy atom. The van der Waals surface area contributed by atoms with Crippen LogP contribution in [-0.4, -0.2) is 40.4 Å². The molecule has 1 saturated carbocycles. The van der Waals surface area contributed by atoms with E-state index in [1.807, 2.05) is 12.1 Å². The highest BCUT2D eigenvalue weighted by molar-refractivity contribution is 5.79. The summed E-state index contributed by atoms with van der Waals surface area (Å²) >= 11 is 0. The van der Waals surface area contributed by atoms with Gasteiger partial charge in [-0.3, -0.25) is 4.99 Å². The average Bonchev–Trinajstić information content (AvgIpc) is 3.09. The Bertz CT molecular complexity index is 748. The molecule has 0 atom stereocenters. The maximum atomic E-state index is 13.3. The molecule has 1 aliphatic carbocycles. The van der Waals surface area contributed by atoms with Crippen LogP contribution in [0.5, 0.6) is 0 Å². The number of nitrogens with one attached hydrogen (secondary N) is 2. The van der Waals surface area contributed by atoms with Crippen molar-refractivity contribution in [3.8, 4) is 0 Å². The van der Waals surface area contributed by atoms with Gasteiger partial charge in [0.2, 0.25) is 0 Å². The monoisotopic (exact) mass is 372 g/mol. The van der Waals surface area contributed by atoms with Crippen LogP contribution in [0.15, 0.2) is 35.6 Å². The third-order valence-corrected chi connectivity index (χ3v) is 5.31. The Balaban J connectivity index is 1.61. The molecule has 1 heterocycles. The second-order valence-corrected chi connectivity index (χ2v) is 7.06. The quantitative estimate of drug-likeness (QED) is 0.552. The Morgan fingerprint density at radius 2 is 2.00 bits per heavy atom. The van der Waals surface area contributed by atoms with Gasteiger partial charge in [0.15, 0.2) is 5.96 Å². The lowest BCUT2D eigenvalue weighted by Crippen LogP contribution is -2.42. The molecule has 1 aromatic heterocycles. The molecule has 0 unspecified atom stereocenters. The highest BCUT2D eigenvalue weighted by Gasteiger charge is 2.38. The molecule has 27 heavy (non-hydrogen) atoms. The third-order valence-electron chi connectivity index (χ3n) is 5.31. The fourth-order valence-electron chi connectivity index (χ4n) is 3.55. The van der Waals surface area contributed by atoms with Gasteiger partial charge in [0.05, 0.1) is 6.54 Å². The third kappa shape index (κ3) is 4.64. The van der Waals surface area contributed by atoms with Gasteiger partial charge in [0, 0.05) is 31.5 Å². The first-order valence-electron chi connectivity index (χ1n) is 9.82. The van der Waals surface area contributed by atoms with Gasteiger partial charge in [-0.25, -0.2) is 4.39 Å². The van der Waals surface area contributed by atoms with Gasteiger partial charge in [-0.2, -0.15) is 0 Å². The predicted molar refractivity (Wildman–Crippen MR) is 105 cm³/mol. The second kappa shape index (κ2) is 8.97. The van der Waals surface area contributed by atoms with Crippen LogP contribution in [-0.2, 0) is 18.4 Å². The van der Waals surface area contributed by atoms with Crippen molar-refractivity contribution in [3.63, 3.8) is 0 Å². The van der Waals surface area contributed by atoms with E-state index in [9.17, 15) is 4.39 Å². The maximum absolute atomic E-state index is 13.3. The summed E-state index contributed by atoms with van der Waals surface area (Å²) < 4.78 is 15.3. The van der Waals surface area contributed by atoms with Crippen LogP contribution in [0.25, 0.3) is 0 Å². The molecule has 0 bridgehead atoms. The number of hydrogen-bond acceptors (Lipinski definition) is 3. The first-order valence-corrected chi connectivity index (χ1v) is 9.82. The van der Waals surface area contributed by atoms with Crippen molar-refractivity contribution >= 4 is 5.96 Å². The van der Waals surface area contributed by atoms with Gasteiger partial charge in [-0.1, -0.05) is 25.5 Å². The summed E-state index contributed by atoms with van der Waals surface area (Å²) in [4.78, 5) is 4.83. The van der Waals surface area contributed by atoms with E-state index in [1.165, 1.54) is 12.0 Å². The minimum absolute atomic E-state index is 0.0414. The smallest absolute Gasteiger partial charge is 0.191 e. The van der Waals surface area contributed by atoms with Crippen molar-refractivity contribution in [2.75, 3.05) is 19.6 Å². The second-order valence-electron chi connectivity index (χ2n) is 7.06. The van der Waals surface area contributed by atoms with Crippen molar-refractivity contribution in [2.45, 2.75) is 51.5 Å². The van der Waals surface area contributed by atoms with Crippen molar-refractivity contribution < 1.29 is 4.39 Å². The van der Waals surface area contributed by atoms with Crippen LogP contribution >= 0.6 is 0 Å². The van der Waals surface area contributed by atoms with Crippen LogP contribution in [0.4, 0.5) is 4.39 Å². The van der Waals surface area contributed by atoms with Crippen LogP contribution < -0.4 is 10.6 Å². The Kier molecular flexibility index (Phi) is 6.42. The van der Waals surface area contributed by atoms with Gasteiger partial charge < -0.3 is 15.2 Å². The molecule has 7 heteroatoms. The van der Waals surface area contributed by atoms with E-state index >= 15 is 0 Å². The summed E-state index contributed by atoms with van der Waals surface area (Å²) in [6.45, 7) is 7.20. The van der Waals surface area contributed by atoms with E-state index in [-0.39, 0.29) is 11.2 Å². The van der Waals surface area contributed by atoms with Gasteiger partial charge in [-0.05, 0) is 37.5 Å². The Labute approximate surface area is 160 Å². The lowest BCUT2D eigenvalue weighted by atomic mass is 9.64. The van der Waals surface area contributed by atoms with Crippen molar-refractivity contribution in [1.29, 1.82) is 0 Å². The molecule has 1 fully saturated rings. The van der Waals surface area contributed by atoms with Gasteiger partial charge in [0.25, 0.3) is 0 Å². The highest BCUT2D eigenvalue weighted by Crippen LogP contribution is 2.44. The standard InChI is InChI=1S/C20H29FN6/c1-3-18-26-25-15-27(18)13-12-23-19(22-4-2)24-14-20(10-5-11-20)16-6-8-17(21)9-7-16/h6-9,15H,3-5,10-14H2,1-2H3,(H2,22,23,24). The van der Waals surface area contributed by atoms with Crippen LogP contribution in [0.1, 0.15) is 44.5 Å². The fourth-order valence-corrected chi connectivity index (χ4v) is 3.55.